The molecule has 1 unspecified atom stereocenters. The third-order valence-corrected chi connectivity index (χ3v) is 1.07. The first-order valence-corrected chi connectivity index (χ1v) is 3.37. The minimum atomic E-state index is -0.883. The van der Waals surface area contributed by atoms with Crippen molar-refractivity contribution < 1.29 is 20.0 Å². The molecule has 2 N–H and O–H groups in total. The molecule has 0 aromatic carbocycles. The van der Waals surface area contributed by atoms with Crippen LogP contribution in [0.4, 0.5) is 0 Å². The lowest BCUT2D eigenvalue weighted by Gasteiger charge is -2.10. The van der Waals surface area contributed by atoms with E-state index in [1.807, 2.05) is 6.92 Å². The normalized spacial score (nSPS) is 13.5. The van der Waals surface area contributed by atoms with E-state index in [1.54, 1.807) is 0 Å². The van der Waals surface area contributed by atoms with Gasteiger partial charge >= 0.3 is 0 Å². The number of hydrogen-bond donors (Lipinski definition) is 2. The lowest BCUT2D eigenvalue weighted by Crippen LogP contribution is -2.20. The summed E-state index contributed by atoms with van der Waals surface area (Å²) in [6.45, 7) is 2.21. The molecular weight excluding hydrogens is 136 g/mol. The summed E-state index contributed by atoms with van der Waals surface area (Å²) < 4.78 is 4.86. The molecule has 4 heteroatoms. The molecule has 0 aliphatic rings. The molecule has 0 saturated carbocycles. The van der Waals surface area contributed by atoms with Crippen LogP contribution < -0.4 is 0 Å². The van der Waals surface area contributed by atoms with Crippen molar-refractivity contribution in [2.45, 2.75) is 26.1 Å². The van der Waals surface area contributed by atoms with Gasteiger partial charge in [-0.2, -0.15) is 0 Å². The zero-order valence-electron chi connectivity index (χ0n) is 6.12. The smallest absolute Gasteiger partial charge is 0.214 e. The summed E-state index contributed by atoms with van der Waals surface area (Å²) in [7, 11) is 0. The monoisotopic (exact) mass is 150 g/mol. The molecule has 1 atom stereocenters. The Kier molecular flexibility index (Phi) is 6.84. The second-order valence-electron chi connectivity index (χ2n) is 1.94. The maximum absolute atomic E-state index is 8.42. The number of rotatable bonds is 6. The van der Waals surface area contributed by atoms with Crippen molar-refractivity contribution in [1.29, 1.82) is 0 Å². The first-order valence-electron chi connectivity index (χ1n) is 3.37. The molecule has 0 aromatic heterocycles. The minimum absolute atomic E-state index is 0.319. The topological polar surface area (TPSA) is 58.9 Å². The third-order valence-electron chi connectivity index (χ3n) is 1.07. The molecular formula is C6H14O4. The highest BCUT2D eigenvalue weighted by atomic mass is 17.1. The van der Waals surface area contributed by atoms with Gasteiger partial charge in [-0.05, 0) is 6.42 Å². The van der Waals surface area contributed by atoms with Crippen molar-refractivity contribution in [3.63, 3.8) is 0 Å². The van der Waals surface area contributed by atoms with Gasteiger partial charge in [0.05, 0.1) is 6.61 Å². The van der Waals surface area contributed by atoms with Crippen molar-refractivity contribution in [3.8, 4) is 0 Å². The molecule has 0 heterocycles. The first-order chi connectivity index (χ1) is 4.85. The molecule has 0 amide bonds. The van der Waals surface area contributed by atoms with Gasteiger partial charge in [-0.25, -0.2) is 10.1 Å². The molecule has 0 bridgehead atoms. The number of aliphatic hydroxyl groups excluding tert-OH is 1. The number of hydrogen-bond acceptors (Lipinski definition) is 4. The van der Waals surface area contributed by atoms with Gasteiger partial charge in [0.2, 0.25) is 6.29 Å². The molecule has 0 rings (SSSR count). The van der Waals surface area contributed by atoms with Crippen LogP contribution >= 0.6 is 0 Å². The lowest BCUT2D eigenvalue weighted by atomic mass is 10.4. The summed E-state index contributed by atoms with van der Waals surface area (Å²) in [4.78, 5) is 3.77. The van der Waals surface area contributed by atoms with Gasteiger partial charge in [-0.1, -0.05) is 13.3 Å². The van der Waals surface area contributed by atoms with Gasteiger partial charge < -0.3 is 9.84 Å². The van der Waals surface area contributed by atoms with Crippen LogP contribution in [-0.4, -0.2) is 29.9 Å². The summed E-state index contributed by atoms with van der Waals surface area (Å²) >= 11 is 0. The molecule has 0 radical (unpaired) electrons. The number of aliphatic hydroxyl groups is 1. The fourth-order valence-electron chi connectivity index (χ4n) is 0.476. The van der Waals surface area contributed by atoms with E-state index in [4.69, 9.17) is 15.1 Å². The van der Waals surface area contributed by atoms with Crippen LogP contribution in [0.5, 0.6) is 0 Å². The van der Waals surface area contributed by atoms with Crippen LogP contribution in [0.25, 0.3) is 0 Å². The largest absolute Gasteiger partial charge is 0.391 e. The van der Waals surface area contributed by atoms with E-state index >= 15 is 0 Å². The molecule has 0 spiro atoms. The Hall–Kier alpha value is -0.160. The maximum atomic E-state index is 8.42. The molecule has 4 nitrogen and oxygen atoms in total. The van der Waals surface area contributed by atoms with E-state index in [1.165, 1.54) is 0 Å². The van der Waals surface area contributed by atoms with Gasteiger partial charge in [0, 0.05) is 6.61 Å². The fourth-order valence-corrected chi connectivity index (χ4v) is 0.476. The van der Waals surface area contributed by atoms with Crippen LogP contribution in [0, 0.1) is 0 Å². The SMILES string of the molecule is CCCCOC(CO)OO. The van der Waals surface area contributed by atoms with Crippen molar-refractivity contribution in [1.82, 2.24) is 0 Å². The lowest BCUT2D eigenvalue weighted by molar-refractivity contribution is -0.352. The minimum Gasteiger partial charge on any atom is -0.391 e. The van der Waals surface area contributed by atoms with E-state index in [9.17, 15) is 0 Å². The Morgan fingerprint density at radius 1 is 1.50 bits per heavy atom. The maximum Gasteiger partial charge on any atom is 0.214 e. The number of ether oxygens (including phenoxy) is 1. The Labute approximate surface area is 60.3 Å². The zero-order chi connectivity index (χ0) is 7.82. The van der Waals surface area contributed by atoms with Crippen molar-refractivity contribution in [2.24, 2.45) is 0 Å². The second kappa shape index (κ2) is 6.95. The molecule has 10 heavy (non-hydrogen) atoms. The summed E-state index contributed by atoms with van der Waals surface area (Å²) in [5.41, 5.74) is 0. The van der Waals surface area contributed by atoms with E-state index < -0.39 is 6.29 Å². The molecule has 0 aromatic rings. The van der Waals surface area contributed by atoms with Crippen LogP contribution in [0.3, 0.4) is 0 Å². The van der Waals surface area contributed by atoms with Crippen molar-refractivity contribution in [3.05, 3.63) is 0 Å². The highest BCUT2D eigenvalue weighted by Gasteiger charge is 2.04. The predicted molar refractivity (Wildman–Crippen MR) is 35.4 cm³/mol. The van der Waals surface area contributed by atoms with E-state index in [2.05, 4.69) is 4.89 Å². The number of unbranched alkanes of at least 4 members (excludes halogenated alkanes) is 1. The highest BCUT2D eigenvalue weighted by Crippen LogP contribution is 1.94. The quantitative estimate of drug-likeness (QED) is 0.252. The van der Waals surface area contributed by atoms with Crippen LogP contribution in [0.1, 0.15) is 19.8 Å². The van der Waals surface area contributed by atoms with Gasteiger partial charge in [-0.15, -0.1) is 0 Å². The Morgan fingerprint density at radius 3 is 2.60 bits per heavy atom. The average Bonchev–Trinajstić information content (AvgIpc) is 1.99. The van der Waals surface area contributed by atoms with Crippen molar-refractivity contribution in [2.75, 3.05) is 13.2 Å². The highest BCUT2D eigenvalue weighted by molar-refractivity contribution is 4.37. The van der Waals surface area contributed by atoms with Gasteiger partial charge in [-0.3, -0.25) is 0 Å². The summed E-state index contributed by atoms with van der Waals surface area (Å²) in [5.74, 6) is 0. The van der Waals surface area contributed by atoms with Gasteiger partial charge in [0.1, 0.15) is 0 Å². The predicted octanol–water partition coefficient (Wildman–Crippen LogP) is 0.611. The van der Waals surface area contributed by atoms with Gasteiger partial charge in [0.25, 0.3) is 0 Å². The molecule has 0 fully saturated rings. The van der Waals surface area contributed by atoms with Crippen LogP contribution in [0.15, 0.2) is 0 Å². The summed E-state index contributed by atoms with van der Waals surface area (Å²) in [5, 5.41) is 16.5. The zero-order valence-corrected chi connectivity index (χ0v) is 6.12. The van der Waals surface area contributed by atoms with E-state index in [0.29, 0.717) is 6.61 Å². The van der Waals surface area contributed by atoms with Crippen LogP contribution in [0.2, 0.25) is 0 Å². The summed E-state index contributed by atoms with van der Waals surface area (Å²) in [6.07, 6.45) is 1.04. The van der Waals surface area contributed by atoms with E-state index in [0.717, 1.165) is 12.8 Å². The molecule has 0 saturated heterocycles. The van der Waals surface area contributed by atoms with Crippen LogP contribution in [-0.2, 0) is 9.62 Å². The Morgan fingerprint density at radius 2 is 2.20 bits per heavy atom. The average molecular weight is 150 g/mol. The molecule has 62 valence electrons. The Balaban J connectivity index is 3.09. The fraction of sp³-hybridized carbons (Fsp3) is 1.00. The van der Waals surface area contributed by atoms with E-state index in [-0.39, 0.29) is 6.61 Å². The van der Waals surface area contributed by atoms with Gasteiger partial charge in [0.15, 0.2) is 0 Å². The standard InChI is InChI=1S/C6H14O4/c1-2-3-4-9-6(5-7)10-8/h6-8H,2-5H2,1H3. The Bertz CT molecular complexity index is 62.8. The third kappa shape index (κ3) is 4.69. The molecule has 0 aliphatic heterocycles. The first kappa shape index (κ1) is 9.84. The molecule has 0 aliphatic carbocycles. The van der Waals surface area contributed by atoms with Crippen molar-refractivity contribution >= 4 is 0 Å². The summed E-state index contributed by atoms with van der Waals surface area (Å²) in [6, 6.07) is 0. The second-order valence-corrected chi connectivity index (χ2v) is 1.94.